The van der Waals surface area contributed by atoms with Crippen molar-refractivity contribution in [2.75, 3.05) is 0 Å². The first-order valence-corrected chi connectivity index (χ1v) is 8.21. The molecular formula is C23H24. The summed E-state index contributed by atoms with van der Waals surface area (Å²) in [4.78, 5) is 0. The normalized spacial score (nSPS) is 11.5. The number of rotatable bonds is 2. The minimum absolute atomic E-state index is 0.197. The molecule has 116 valence electrons. The summed E-state index contributed by atoms with van der Waals surface area (Å²) in [7, 11) is 0. The van der Waals surface area contributed by atoms with Gasteiger partial charge in [-0.3, -0.25) is 0 Å². The Kier molecular flexibility index (Phi) is 4.09. The van der Waals surface area contributed by atoms with Crippen LogP contribution in [0.3, 0.4) is 0 Å². The molecule has 0 bridgehead atoms. The lowest BCUT2D eigenvalue weighted by Gasteiger charge is -2.19. The van der Waals surface area contributed by atoms with E-state index in [1.165, 1.54) is 33.4 Å². The lowest BCUT2D eigenvalue weighted by atomic mass is 9.86. The third-order valence-corrected chi connectivity index (χ3v) is 4.33. The Labute approximate surface area is 139 Å². The van der Waals surface area contributed by atoms with Crippen LogP contribution in [0.4, 0.5) is 0 Å². The Morgan fingerprint density at radius 3 is 1.52 bits per heavy atom. The molecule has 23 heavy (non-hydrogen) atoms. The smallest absolute Gasteiger partial charge is 0.0132 e. The highest BCUT2D eigenvalue weighted by Gasteiger charge is 2.13. The van der Waals surface area contributed by atoms with E-state index in [0.29, 0.717) is 0 Å². The lowest BCUT2D eigenvalue weighted by molar-refractivity contribution is 0.590. The fourth-order valence-electron chi connectivity index (χ4n) is 2.79. The molecule has 0 aromatic heterocycles. The second-order valence-corrected chi connectivity index (χ2v) is 7.27. The predicted octanol–water partition coefficient (Wildman–Crippen LogP) is 6.63. The van der Waals surface area contributed by atoms with Crippen molar-refractivity contribution in [3.8, 4) is 22.3 Å². The summed E-state index contributed by atoms with van der Waals surface area (Å²) in [6.45, 7) is 8.87. The molecule has 0 aliphatic carbocycles. The van der Waals surface area contributed by atoms with Crippen LogP contribution in [0.25, 0.3) is 22.3 Å². The number of benzene rings is 3. The van der Waals surface area contributed by atoms with Crippen molar-refractivity contribution in [1.82, 2.24) is 0 Å². The molecule has 0 N–H and O–H groups in total. The zero-order valence-corrected chi connectivity index (χ0v) is 14.4. The summed E-state index contributed by atoms with van der Waals surface area (Å²) in [5.41, 5.74) is 7.93. The largest absolute Gasteiger partial charge is 0.0610 e. The average molecular weight is 300 g/mol. The summed E-state index contributed by atoms with van der Waals surface area (Å²) in [6.07, 6.45) is 0. The van der Waals surface area contributed by atoms with E-state index in [-0.39, 0.29) is 5.41 Å². The van der Waals surface area contributed by atoms with E-state index in [0.717, 1.165) is 0 Å². The van der Waals surface area contributed by atoms with Gasteiger partial charge in [-0.25, -0.2) is 0 Å². The van der Waals surface area contributed by atoms with Gasteiger partial charge in [0.1, 0.15) is 0 Å². The molecule has 0 spiro atoms. The highest BCUT2D eigenvalue weighted by Crippen LogP contribution is 2.29. The van der Waals surface area contributed by atoms with Crippen LogP contribution in [0.1, 0.15) is 31.9 Å². The van der Waals surface area contributed by atoms with Gasteiger partial charge in [0.2, 0.25) is 0 Å². The zero-order chi connectivity index (χ0) is 16.4. The van der Waals surface area contributed by atoms with E-state index in [4.69, 9.17) is 0 Å². The Morgan fingerprint density at radius 2 is 1.04 bits per heavy atom. The van der Waals surface area contributed by atoms with Crippen LogP contribution in [-0.2, 0) is 5.41 Å². The SMILES string of the molecule is Cc1ccc(-c2cccc(-c3ccc(C(C)(C)C)cc3)c2)cc1. The molecule has 0 radical (unpaired) electrons. The van der Waals surface area contributed by atoms with Crippen molar-refractivity contribution < 1.29 is 0 Å². The minimum atomic E-state index is 0.197. The van der Waals surface area contributed by atoms with Crippen LogP contribution in [0.2, 0.25) is 0 Å². The van der Waals surface area contributed by atoms with Gasteiger partial charge in [0.25, 0.3) is 0 Å². The van der Waals surface area contributed by atoms with E-state index in [9.17, 15) is 0 Å². The summed E-state index contributed by atoms with van der Waals surface area (Å²) in [6, 6.07) is 26.4. The molecule has 0 aliphatic rings. The second-order valence-electron chi connectivity index (χ2n) is 7.27. The Bertz CT molecular complexity index is 785. The first-order chi connectivity index (χ1) is 10.9. The van der Waals surface area contributed by atoms with Crippen LogP contribution in [0.5, 0.6) is 0 Å². The summed E-state index contributed by atoms with van der Waals surface area (Å²) in [5, 5.41) is 0. The highest BCUT2D eigenvalue weighted by molar-refractivity contribution is 5.73. The van der Waals surface area contributed by atoms with Gasteiger partial charge in [0.15, 0.2) is 0 Å². The molecule has 0 heterocycles. The van der Waals surface area contributed by atoms with E-state index in [1.54, 1.807) is 0 Å². The summed E-state index contributed by atoms with van der Waals surface area (Å²) < 4.78 is 0. The van der Waals surface area contributed by atoms with Crippen LogP contribution < -0.4 is 0 Å². The monoisotopic (exact) mass is 300 g/mol. The molecule has 0 saturated heterocycles. The van der Waals surface area contributed by atoms with Crippen molar-refractivity contribution in [1.29, 1.82) is 0 Å². The molecular weight excluding hydrogens is 276 g/mol. The first kappa shape index (κ1) is 15.6. The molecule has 0 amide bonds. The molecule has 0 fully saturated rings. The van der Waals surface area contributed by atoms with Crippen molar-refractivity contribution in [3.05, 3.63) is 83.9 Å². The topological polar surface area (TPSA) is 0 Å². The van der Waals surface area contributed by atoms with Gasteiger partial charge in [-0.05, 0) is 46.2 Å². The second kappa shape index (κ2) is 6.04. The fourth-order valence-corrected chi connectivity index (χ4v) is 2.79. The number of aryl methyl sites for hydroxylation is 1. The molecule has 0 heteroatoms. The van der Waals surface area contributed by atoms with Crippen molar-refractivity contribution in [2.45, 2.75) is 33.1 Å². The molecule has 3 rings (SSSR count). The standard InChI is InChI=1S/C23H24/c1-17-8-10-18(11-9-17)20-6-5-7-21(16-20)19-12-14-22(15-13-19)23(2,3)4/h5-16H,1-4H3. The fraction of sp³-hybridized carbons (Fsp3) is 0.217. The van der Waals surface area contributed by atoms with Crippen LogP contribution >= 0.6 is 0 Å². The third-order valence-electron chi connectivity index (χ3n) is 4.33. The van der Waals surface area contributed by atoms with Gasteiger partial charge in [-0.15, -0.1) is 0 Å². The average Bonchev–Trinajstić information content (AvgIpc) is 2.55. The van der Waals surface area contributed by atoms with Gasteiger partial charge in [0, 0.05) is 0 Å². The molecule has 0 saturated carbocycles. The van der Waals surface area contributed by atoms with Gasteiger partial charge in [-0.2, -0.15) is 0 Å². The van der Waals surface area contributed by atoms with Crippen molar-refractivity contribution in [3.63, 3.8) is 0 Å². The van der Waals surface area contributed by atoms with Crippen LogP contribution in [0.15, 0.2) is 72.8 Å². The van der Waals surface area contributed by atoms with E-state index >= 15 is 0 Å². The van der Waals surface area contributed by atoms with Crippen molar-refractivity contribution in [2.24, 2.45) is 0 Å². The third kappa shape index (κ3) is 3.53. The van der Waals surface area contributed by atoms with E-state index in [2.05, 4.69) is 100 Å². The predicted molar refractivity (Wildman–Crippen MR) is 101 cm³/mol. The maximum Gasteiger partial charge on any atom is -0.0132 e. The molecule has 3 aromatic rings. The molecule has 3 aromatic carbocycles. The molecule has 0 aliphatic heterocycles. The summed E-state index contributed by atoms with van der Waals surface area (Å²) >= 11 is 0. The first-order valence-electron chi connectivity index (χ1n) is 8.21. The summed E-state index contributed by atoms with van der Waals surface area (Å²) in [5.74, 6) is 0. The maximum atomic E-state index is 2.27. The van der Waals surface area contributed by atoms with E-state index in [1.807, 2.05) is 0 Å². The van der Waals surface area contributed by atoms with Gasteiger partial charge >= 0.3 is 0 Å². The van der Waals surface area contributed by atoms with E-state index < -0.39 is 0 Å². The van der Waals surface area contributed by atoms with Gasteiger partial charge < -0.3 is 0 Å². The Hall–Kier alpha value is -2.34. The Balaban J connectivity index is 1.95. The van der Waals surface area contributed by atoms with Crippen LogP contribution in [0, 0.1) is 6.92 Å². The maximum absolute atomic E-state index is 2.27. The molecule has 0 unspecified atom stereocenters. The number of hydrogen-bond donors (Lipinski definition) is 0. The quantitative estimate of drug-likeness (QED) is 0.498. The Morgan fingerprint density at radius 1 is 0.565 bits per heavy atom. The highest BCUT2D eigenvalue weighted by atomic mass is 14.2. The molecule has 0 atom stereocenters. The lowest BCUT2D eigenvalue weighted by Crippen LogP contribution is -2.10. The number of hydrogen-bond acceptors (Lipinski definition) is 0. The zero-order valence-electron chi connectivity index (χ0n) is 14.4. The molecule has 0 nitrogen and oxygen atoms in total. The van der Waals surface area contributed by atoms with Crippen molar-refractivity contribution >= 4 is 0 Å². The van der Waals surface area contributed by atoms with Crippen LogP contribution in [-0.4, -0.2) is 0 Å². The van der Waals surface area contributed by atoms with Gasteiger partial charge in [-0.1, -0.05) is 93.1 Å². The van der Waals surface area contributed by atoms with Gasteiger partial charge in [0.05, 0.1) is 0 Å². The minimum Gasteiger partial charge on any atom is -0.0610 e.